The number of quaternary nitrogens is 1. The van der Waals surface area contributed by atoms with Crippen LogP contribution in [0, 0.1) is 0 Å². The largest absolute Gasteiger partial charge is 0.756 e. The summed E-state index contributed by atoms with van der Waals surface area (Å²) in [5, 5.41) is 2.65. The second-order valence-electron chi connectivity index (χ2n) is 6.25. The van der Waals surface area contributed by atoms with Crippen LogP contribution < -0.4 is 15.9 Å². The van der Waals surface area contributed by atoms with E-state index in [4.69, 9.17) is 0 Å². The number of nitrogens with one attached hydrogen (secondary N) is 1. The van der Waals surface area contributed by atoms with Crippen molar-refractivity contribution in [2.45, 2.75) is 77.6 Å². The number of hydrogen-bond donors (Lipinski definition) is 2. The number of carbonyl (C=O) groups excluding carboxylic acids is 1. The van der Waals surface area contributed by atoms with Crippen LogP contribution in [0.25, 0.3) is 0 Å². The maximum atomic E-state index is 11.6. The molecular formula is C17H37N2O5P. The Hall–Kier alpha value is -0.460. The van der Waals surface area contributed by atoms with Crippen LogP contribution in [0.15, 0.2) is 0 Å². The zero-order valence-corrected chi connectivity index (χ0v) is 16.7. The smallest absolute Gasteiger partial charge is 0.268 e. The average molecular weight is 380 g/mol. The lowest BCUT2D eigenvalue weighted by atomic mass is 10.1. The predicted molar refractivity (Wildman–Crippen MR) is 96.7 cm³/mol. The van der Waals surface area contributed by atoms with E-state index in [0.29, 0.717) is 13.0 Å². The summed E-state index contributed by atoms with van der Waals surface area (Å²) in [4.78, 5) is 22.9. The van der Waals surface area contributed by atoms with Crippen molar-refractivity contribution in [2.24, 2.45) is 0 Å². The number of hydrogen-bond acceptors (Lipinski definition) is 5. The molecule has 0 aromatic heterocycles. The molecule has 1 unspecified atom stereocenters. The van der Waals surface area contributed by atoms with E-state index < -0.39 is 7.82 Å². The molecule has 0 fully saturated rings. The second kappa shape index (κ2) is 17.0. The van der Waals surface area contributed by atoms with E-state index in [9.17, 15) is 14.3 Å². The van der Waals surface area contributed by atoms with Gasteiger partial charge in [-0.3, -0.25) is 9.36 Å². The van der Waals surface area contributed by atoms with E-state index in [0.717, 1.165) is 12.8 Å². The molecular weight excluding hydrogens is 343 g/mol. The molecule has 0 saturated heterocycles. The van der Waals surface area contributed by atoms with Crippen LogP contribution in [0.3, 0.4) is 0 Å². The van der Waals surface area contributed by atoms with Crippen molar-refractivity contribution in [1.29, 1.82) is 0 Å². The molecule has 0 saturated carbocycles. The van der Waals surface area contributed by atoms with E-state index >= 15 is 0 Å². The van der Waals surface area contributed by atoms with E-state index in [1.54, 1.807) is 0 Å². The molecule has 0 aliphatic heterocycles. The van der Waals surface area contributed by atoms with Crippen LogP contribution in [0.5, 0.6) is 0 Å². The van der Waals surface area contributed by atoms with Gasteiger partial charge in [-0.05, 0) is 6.42 Å². The second-order valence-corrected chi connectivity index (χ2v) is 7.66. The third kappa shape index (κ3) is 18.1. The highest BCUT2D eigenvalue weighted by molar-refractivity contribution is 7.45. The Labute approximate surface area is 152 Å². The van der Waals surface area contributed by atoms with Crippen LogP contribution in [0.4, 0.5) is 0 Å². The zero-order valence-electron chi connectivity index (χ0n) is 15.8. The van der Waals surface area contributed by atoms with E-state index in [1.165, 1.54) is 51.4 Å². The van der Waals surface area contributed by atoms with Gasteiger partial charge in [-0.25, -0.2) is 0 Å². The monoisotopic (exact) mass is 380 g/mol. The van der Waals surface area contributed by atoms with E-state index in [1.807, 2.05) is 0 Å². The number of unbranched alkanes of at least 4 members (excludes halogenated alkanes) is 9. The molecule has 0 aliphatic rings. The first-order valence-corrected chi connectivity index (χ1v) is 11.1. The van der Waals surface area contributed by atoms with Crippen LogP contribution in [-0.2, 0) is 18.4 Å². The fraction of sp³-hybridized carbons (Fsp3) is 0.941. The number of phosphoric ester groups is 1. The fourth-order valence-corrected chi connectivity index (χ4v) is 3.17. The molecule has 8 heteroatoms. The lowest BCUT2D eigenvalue weighted by Crippen LogP contribution is -2.52. The highest BCUT2D eigenvalue weighted by atomic mass is 31.2. The summed E-state index contributed by atoms with van der Waals surface area (Å²) in [6, 6.07) is 0. The summed E-state index contributed by atoms with van der Waals surface area (Å²) in [5.74, 6) is -0.0671. The van der Waals surface area contributed by atoms with Gasteiger partial charge in [0.05, 0.1) is 13.2 Å². The fourth-order valence-electron chi connectivity index (χ4n) is 2.42. The minimum atomic E-state index is -4.26. The molecule has 150 valence electrons. The highest BCUT2D eigenvalue weighted by Crippen LogP contribution is 2.37. The summed E-state index contributed by atoms with van der Waals surface area (Å²) >= 11 is 0. The van der Waals surface area contributed by atoms with Crippen molar-refractivity contribution in [3.05, 3.63) is 0 Å². The van der Waals surface area contributed by atoms with Crippen molar-refractivity contribution in [3.8, 4) is 0 Å². The van der Waals surface area contributed by atoms with Crippen molar-refractivity contribution in [2.75, 3.05) is 26.3 Å². The lowest BCUT2D eigenvalue weighted by molar-refractivity contribution is -0.373. The van der Waals surface area contributed by atoms with E-state index in [-0.39, 0.29) is 25.7 Å². The Morgan fingerprint density at radius 1 is 0.960 bits per heavy atom. The standard InChI is InChI=1S/C17H37N2O5P/c1-2-3-4-5-6-7-8-9-10-11-12-17(20)19-14-16-24-25(21,22)23-15-13-18/h2-16,18H2,1H3,(H,19,20)(H,21,22). The molecule has 4 N–H and O–H groups in total. The number of rotatable bonds is 18. The van der Waals surface area contributed by atoms with Gasteiger partial charge in [0.15, 0.2) is 0 Å². The van der Waals surface area contributed by atoms with Gasteiger partial charge in [0.2, 0.25) is 5.91 Å². The molecule has 7 nitrogen and oxygen atoms in total. The quantitative estimate of drug-likeness (QED) is 0.279. The third-order valence-corrected chi connectivity index (χ3v) is 4.82. The lowest BCUT2D eigenvalue weighted by Gasteiger charge is -2.21. The number of phosphoric acid groups is 1. The number of amides is 1. The summed E-state index contributed by atoms with van der Waals surface area (Å²) in [6.45, 7) is 2.64. The SMILES string of the molecule is CCCCCCCCCCCCC(=O)NCCOP(=O)([O-])OCC[NH3+]. The van der Waals surface area contributed by atoms with Crippen molar-refractivity contribution >= 4 is 13.7 Å². The molecule has 0 bridgehead atoms. The van der Waals surface area contributed by atoms with Crippen molar-refractivity contribution in [3.63, 3.8) is 0 Å². The maximum Gasteiger partial charge on any atom is 0.268 e. The zero-order chi connectivity index (χ0) is 18.8. The first-order chi connectivity index (χ1) is 12.0. The molecule has 0 heterocycles. The molecule has 1 amide bonds. The Kier molecular flexibility index (Phi) is 16.7. The van der Waals surface area contributed by atoms with Crippen LogP contribution in [0.1, 0.15) is 77.6 Å². The number of carbonyl (C=O) groups is 1. The molecule has 1 atom stereocenters. The summed E-state index contributed by atoms with van der Waals surface area (Å²) in [6.07, 6.45) is 12.8. The Balaban J connectivity index is 3.37. The van der Waals surface area contributed by atoms with Crippen LogP contribution in [0.2, 0.25) is 0 Å². The normalized spacial score (nSPS) is 13.6. The first kappa shape index (κ1) is 24.5. The molecule has 0 spiro atoms. The van der Waals surface area contributed by atoms with Crippen molar-refractivity contribution in [1.82, 2.24) is 5.32 Å². The minimum absolute atomic E-state index is 0.00583. The van der Waals surface area contributed by atoms with Gasteiger partial charge in [-0.1, -0.05) is 64.7 Å². The van der Waals surface area contributed by atoms with Gasteiger partial charge >= 0.3 is 0 Å². The average Bonchev–Trinajstić information content (AvgIpc) is 2.58. The van der Waals surface area contributed by atoms with Gasteiger partial charge in [-0.2, -0.15) is 0 Å². The summed E-state index contributed by atoms with van der Waals surface area (Å²) in [7, 11) is -4.26. The molecule has 0 radical (unpaired) electrons. The van der Waals surface area contributed by atoms with Gasteiger partial charge in [0.25, 0.3) is 7.82 Å². The van der Waals surface area contributed by atoms with Crippen molar-refractivity contribution < 1.29 is 29.0 Å². The first-order valence-electron chi connectivity index (χ1n) is 9.68. The molecule has 0 aliphatic carbocycles. The molecule has 0 aromatic carbocycles. The van der Waals surface area contributed by atoms with Crippen LogP contribution in [-0.4, -0.2) is 32.2 Å². The Morgan fingerprint density at radius 3 is 2.04 bits per heavy atom. The predicted octanol–water partition coefficient (Wildman–Crippen LogP) is 2.16. The van der Waals surface area contributed by atoms with E-state index in [2.05, 4.69) is 27.0 Å². The van der Waals surface area contributed by atoms with Crippen LogP contribution >= 0.6 is 7.82 Å². The van der Waals surface area contributed by atoms with Gasteiger partial charge < -0.3 is 25.0 Å². The van der Waals surface area contributed by atoms with Gasteiger partial charge in [0, 0.05) is 13.0 Å². The summed E-state index contributed by atoms with van der Waals surface area (Å²) < 4.78 is 20.4. The maximum absolute atomic E-state index is 11.6. The highest BCUT2D eigenvalue weighted by Gasteiger charge is 2.09. The topological polar surface area (TPSA) is 115 Å². The Morgan fingerprint density at radius 2 is 1.48 bits per heavy atom. The minimum Gasteiger partial charge on any atom is -0.756 e. The van der Waals surface area contributed by atoms with Gasteiger partial charge in [-0.15, -0.1) is 0 Å². The third-order valence-electron chi connectivity index (χ3n) is 3.82. The molecule has 25 heavy (non-hydrogen) atoms. The van der Waals surface area contributed by atoms with Gasteiger partial charge in [0.1, 0.15) is 6.61 Å². The molecule has 0 aromatic rings. The Bertz CT molecular complexity index is 369. The molecule has 0 rings (SSSR count). The summed E-state index contributed by atoms with van der Waals surface area (Å²) in [5.41, 5.74) is 3.48.